The largest absolute Gasteiger partial charge is 0.477 e. The molecule has 0 aromatic rings. The molecule has 0 saturated carbocycles. The number of hydrogen-bond acceptors (Lipinski definition) is 5. The molecule has 1 aliphatic heterocycles. The molecule has 1 aliphatic rings. The lowest BCUT2D eigenvalue weighted by atomic mass is 10.1. The maximum atomic E-state index is 11.8. The Balaban J connectivity index is 2.61. The standard InChI is InChI=1S/C15H22N2O3/c1-4-12(5-2)11-20-15(18)13(10-16)6-7-14-17(3)8-9-19-14/h6-7,12H,4-5,8-9,11H2,1-3H3. The van der Waals surface area contributed by atoms with Gasteiger partial charge >= 0.3 is 5.97 Å². The van der Waals surface area contributed by atoms with Crippen molar-refractivity contribution in [2.45, 2.75) is 26.7 Å². The van der Waals surface area contributed by atoms with Crippen LogP contribution in [0.4, 0.5) is 0 Å². The quantitative estimate of drug-likeness (QED) is 0.423. The first-order valence-corrected chi connectivity index (χ1v) is 6.95. The third-order valence-electron chi connectivity index (χ3n) is 3.39. The molecule has 1 saturated heterocycles. The van der Waals surface area contributed by atoms with Gasteiger partial charge in [0.1, 0.15) is 18.2 Å². The van der Waals surface area contributed by atoms with E-state index in [4.69, 9.17) is 14.7 Å². The van der Waals surface area contributed by atoms with Crippen molar-refractivity contribution in [2.75, 3.05) is 26.8 Å². The molecule has 5 nitrogen and oxygen atoms in total. The van der Waals surface area contributed by atoms with E-state index in [1.807, 2.05) is 18.0 Å². The second kappa shape index (κ2) is 8.26. The van der Waals surface area contributed by atoms with Gasteiger partial charge in [-0.1, -0.05) is 26.7 Å². The molecule has 0 radical (unpaired) electrons. The lowest BCUT2D eigenvalue weighted by molar-refractivity contribution is -0.139. The molecule has 0 aromatic carbocycles. The minimum absolute atomic E-state index is 0.00708. The van der Waals surface area contributed by atoms with Crippen LogP contribution in [-0.2, 0) is 14.3 Å². The number of hydrogen-bond donors (Lipinski definition) is 0. The number of esters is 1. The van der Waals surface area contributed by atoms with E-state index in [1.54, 1.807) is 6.08 Å². The summed E-state index contributed by atoms with van der Waals surface area (Å²) in [6.45, 7) is 5.90. The second-order valence-electron chi connectivity index (χ2n) is 4.75. The summed E-state index contributed by atoms with van der Waals surface area (Å²) in [5, 5.41) is 9.01. The monoisotopic (exact) mass is 278 g/mol. The van der Waals surface area contributed by atoms with Crippen LogP contribution in [0.15, 0.2) is 23.6 Å². The molecule has 0 spiro atoms. The molecule has 20 heavy (non-hydrogen) atoms. The Morgan fingerprint density at radius 1 is 1.55 bits per heavy atom. The zero-order chi connectivity index (χ0) is 15.0. The minimum Gasteiger partial charge on any atom is -0.477 e. The zero-order valence-corrected chi connectivity index (χ0v) is 12.4. The first-order valence-electron chi connectivity index (χ1n) is 6.95. The molecule has 0 unspecified atom stereocenters. The summed E-state index contributed by atoms with van der Waals surface area (Å²) in [7, 11) is 1.89. The number of nitriles is 1. The van der Waals surface area contributed by atoms with Crippen LogP contribution in [0, 0.1) is 17.2 Å². The molecule has 0 bridgehead atoms. The van der Waals surface area contributed by atoms with E-state index in [1.165, 1.54) is 6.08 Å². The summed E-state index contributed by atoms with van der Waals surface area (Å²) in [5.74, 6) is 0.434. The van der Waals surface area contributed by atoms with Crippen LogP contribution in [0.25, 0.3) is 0 Å². The Hall–Kier alpha value is -1.96. The van der Waals surface area contributed by atoms with Gasteiger partial charge in [-0.25, -0.2) is 4.79 Å². The first kappa shape index (κ1) is 16.1. The number of likely N-dealkylation sites (N-methyl/N-ethyl adjacent to an activating group) is 1. The predicted molar refractivity (Wildman–Crippen MR) is 75.4 cm³/mol. The molecule has 1 rings (SSSR count). The first-order chi connectivity index (χ1) is 9.62. The maximum absolute atomic E-state index is 11.8. The van der Waals surface area contributed by atoms with Crippen molar-refractivity contribution < 1.29 is 14.3 Å². The SMILES string of the molecule is CCC(CC)COC(=O)C(C#N)=CC=C1OCCN1C. The fourth-order valence-corrected chi connectivity index (χ4v) is 1.78. The number of ether oxygens (including phenoxy) is 2. The molecule has 1 heterocycles. The van der Waals surface area contributed by atoms with Crippen LogP contribution in [0.3, 0.4) is 0 Å². The van der Waals surface area contributed by atoms with Gasteiger partial charge in [0.05, 0.1) is 13.2 Å². The van der Waals surface area contributed by atoms with Crippen molar-refractivity contribution in [2.24, 2.45) is 5.92 Å². The molecular weight excluding hydrogens is 256 g/mol. The van der Waals surface area contributed by atoms with Crippen molar-refractivity contribution in [3.05, 3.63) is 23.6 Å². The molecule has 0 atom stereocenters. The molecular formula is C15H22N2O3. The van der Waals surface area contributed by atoms with Crippen LogP contribution in [0.2, 0.25) is 0 Å². The molecule has 0 aromatic heterocycles. The van der Waals surface area contributed by atoms with Gasteiger partial charge in [0.2, 0.25) is 0 Å². The third-order valence-corrected chi connectivity index (χ3v) is 3.39. The lowest BCUT2D eigenvalue weighted by Gasteiger charge is -2.12. The van der Waals surface area contributed by atoms with Gasteiger partial charge in [0.15, 0.2) is 5.88 Å². The highest BCUT2D eigenvalue weighted by atomic mass is 16.5. The summed E-state index contributed by atoms with van der Waals surface area (Å²) in [6.07, 6.45) is 4.99. The van der Waals surface area contributed by atoms with Gasteiger partial charge in [-0.15, -0.1) is 0 Å². The summed E-state index contributed by atoms with van der Waals surface area (Å²) < 4.78 is 10.5. The van der Waals surface area contributed by atoms with E-state index in [0.717, 1.165) is 19.4 Å². The summed E-state index contributed by atoms with van der Waals surface area (Å²) in [5.41, 5.74) is -0.00708. The van der Waals surface area contributed by atoms with E-state index in [9.17, 15) is 4.79 Å². The molecule has 0 N–H and O–H groups in total. The Bertz CT molecular complexity index is 431. The number of carbonyl (C=O) groups is 1. The number of nitrogens with zero attached hydrogens (tertiary/aromatic N) is 2. The Morgan fingerprint density at radius 3 is 2.75 bits per heavy atom. The van der Waals surface area contributed by atoms with E-state index in [-0.39, 0.29) is 5.57 Å². The zero-order valence-electron chi connectivity index (χ0n) is 12.4. The number of allylic oxidation sites excluding steroid dienone is 2. The Kier molecular flexibility index (Phi) is 6.65. The smallest absolute Gasteiger partial charge is 0.348 e. The van der Waals surface area contributed by atoms with Gasteiger partial charge in [0, 0.05) is 7.05 Å². The highest BCUT2D eigenvalue weighted by molar-refractivity contribution is 5.93. The van der Waals surface area contributed by atoms with Crippen molar-refractivity contribution in [3.63, 3.8) is 0 Å². The summed E-state index contributed by atoms with van der Waals surface area (Å²) >= 11 is 0. The van der Waals surface area contributed by atoms with Gasteiger partial charge in [-0.05, 0) is 18.1 Å². The van der Waals surface area contributed by atoms with Crippen molar-refractivity contribution >= 4 is 5.97 Å². The van der Waals surface area contributed by atoms with Gasteiger partial charge in [0.25, 0.3) is 0 Å². The van der Waals surface area contributed by atoms with Crippen molar-refractivity contribution in [1.82, 2.24) is 4.90 Å². The normalized spacial score (nSPS) is 17.2. The summed E-state index contributed by atoms with van der Waals surface area (Å²) in [6, 6.07) is 1.87. The maximum Gasteiger partial charge on any atom is 0.348 e. The van der Waals surface area contributed by atoms with Crippen molar-refractivity contribution in [3.8, 4) is 6.07 Å². The lowest BCUT2D eigenvalue weighted by Crippen LogP contribution is -2.14. The van der Waals surface area contributed by atoms with Crippen LogP contribution >= 0.6 is 0 Å². The average molecular weight is 278 g/mol. The molecule has 0 amide bonds. The predicted octanol–water partition coefficient (Wildman–Crippen LogP) is 2.22. The average Bonchev–Trinajstić information content (AvgIpc) is 2.86. The van der Waals surface area contributed by atoms with Crippen LogP contribution < -0.4 is 0 Å². The highest BCUT2D eigenvalue weighted by Gasteiger charge is 2.15. The topological polar surface area (TPSA) is 62.6 Å². The van der Waals surface area contributed by atoms with Crippen LogP contribution in [0.1, 0.15) is 26.7 Å². The fraction of sp³-hybridized carbons (Fsp3) is 0.600. The van der Waals surface area contributed by atoms with Crippen LogP contribution in [-0.4, -0.2) is 37.7 Å². The van der Waals surface area contributed by atoms with Crippen LogP contribution in [0.5, 0.6) is 0 Å². The number of rotatable bonds is 6. The van der Waals surface area contributed by atoms with Gasteiger partial charge < -0.3 is 14.4 Å². The highest BCUT2D eigenvalue weighted by Crippen LogP contribution is 2.12. The number of carbonyl (C=O) groups excluding carboxylic acids is 1. The fourth-order valence-electron chi connectivity index (χ4n) is 1.78. The Labute approximate surface area is 120 Å². The van der Waals surface area contributed by atoms with E-state index < -0.39 is 5.97 Å². The summed E-state index contributed by atoms with van der Waals surface area (Å²) in [4.78, 5) is 13.7. The molecule has 0 aliphatic carbocycles. The molecule has 110 valence electrons. The second-order valence-corrected chi connectivity index (χ2v) is 4.75. The van der Waals surface area contributed by atoms with Gasteiger partial charge in [-0.3, -0.25) is 0 Å². The third kappa shape index (κ3) is 4.61. The molecule has 5 heteroatoms. The Morgan fingerprint density at radius 2 is 2.25 bits per heavy atom. The van der Waals surface area contributed by atoms with E-state index >= 15 is 0 Å². The van der Waals surface area contributed by atoms with E-state index in [0.29, 0.717) is 25.0 Å². The minimum atomic E-state index is -0.572. The van der Waals surface area contributed by atoms with Gasteiger partial charge in [-0.2, -0.15) is 5.26 Å². The molecule has 1 fully saturated rings. The van der Waals surface area contributed by atoms with E-state index in [2.05, 4.69) is 13.8 Å². The van der Waals surface area contributed by atoms with Crippen molar-refractivity contribution in [1.29, 1.82) is 5.26 Å².